The lowest BCUT2D eigenvalue weighted by Crippen LogP contribution is -2.36. The van der Waals surface area contributed by atoms with Crippen LogP contribution in [-0.2, 0) is 23.9 Å². The summed E-state index contributed by atoms with van der Waals surface area (Å²) in [6, 6.07) is 15.4. The van der Waals surface area contributed by atoms with Gasteiger partial charge in [-0.1, -0.05) is 31.2 Å². The predicted octanol–water partition coefficient (Wildman–Crippen LogP) is 3.16. The Balaban J connectivity index is 1.48. The van der Waals surface area contributed by atoms with Gasteiger partial charge in [-0.05, 0) is 53.4 Å². The quantitative estimate of drug-likeness (QED) is 0.426. The lowest BCUT2D eigenvalue weighted by molar-refractivity contribution is -0.127. The van der Waals surface area contributed by atoms with Gasteiger partial charge in [0.15, 0.2) is 0 Å². The third-order valence-electron chi connectivity index (χ3n) is 7.00. The first-order valence-corrected chi connectivity index (χ1v) is 12.3. The molecule has 2 aromatic carbocycles. The first-order chi connectivity index (χ1) is 18.3. The monoisotopic (exact) mass is 514 g/mol. The summed E-state index contributed by atoms with van der Waals surface area (Å²) in [6.07, 6.45) is 3.59. The molecule has 1 atom stereocenters. The van der Waals surface area contributed by atoms with Gasteiger partial charge in [-0.2, -0.15) is 5.10 Å². The summed E-state index contributed by atoms with van der Waals surface area (Å²) in [5, 5.41) is 6.51. The standard InChI is InChI=1S/C28H27FN6O3/c1-4-22-23(18-8-10-21(11-9-18)35-17-32-33(3)27(35)38)12-14-31-24(22)34-15-13-28(29,26(34)37)20-7-5-6-19(16-20)25(36)30-2/h5-12,14,16-17H,4,13,15H2,1-3H3,(H,30,36). The maximum atomic E-state index is 16.2. The van der Waals surface area contributed by atoms with Crippen LogP contribution < -0.4 is 15.9 Å². The van der Waals surface area contributed by atoms with Crippen molar-refractivity contribution >= 4 is 17.6 Å². The maximum Gasteiger partial charge on any atom is 0.350 e. The molecular weight excluding hydrogens is 487 g/mol. The lowest BCUT2D eigenvalue weighted by atomic mass is 9.92. The number of carbonyl (C=O) groups excluding carboxylic acids is 2. The number of hydrogen-bond donors (Lipinski definition) is 1. The van der Waals surface area contributed by atoms with E-state index in [1.807, 2.05) is 37.3 Å². The van der Waals surface area contributed by atoms with Crippen LogP contribution in [0.2, 0.25) is 0 Å². The summed E-state index contributed by atoms with van der Waals surface area (Å²) in [7, 11) is 3.09. The van der Waals surface area contributed by atoms with Gasteiger partial charge in [0.25, 0.3) is 11.8 Å². The Morgan fingerprint density at radius 2 is 1.89 bits per heavy atom. The van der Waals surface area contributed by atoms with Crippen molar-refractivity contribution in [2.24, 2.45) is 7.05 Å². The summed E-state index contributed by atoms with van der Waals surface area (Å²) < 4.78 is 18.9. The molecule has 1 unspecified atom stereocenters. The highest BCUT2D eigenvalue weighted by atomic mass is 19.1. The first-order valence-electron chi connectivity index (χ1n) is 12.3. The third kappa shape index (κ3) is 4.07. The van der Waals surface area contributed by atoms with Crippen molar-refractivity contribution in [2.45, 2.75) is 25.4 Å². The van der Waals surface area contributed by atoms with E-state index in [-0.39, 0.29) is 30.1 Å². The van der Waals surface area contributed by atoms with Crippen LogP contribution in [0, 0.1) is 0 Å². The molecule has 38 heavy (non-hydrogen) atoms. The highest BCUT2D eigenvalue weighted by Crippen LogP contribution is 2.41. The second kappa shape index (κ2) is 9.70. The molecule has 3 heterocycles. The predicted molar refractivity (Wildman–Crippen MR) is 141 cm³/mol. The van der Waals surface area contributed by atoms with Crippen molar-refractivity contribution in [3.8, 4) is 16.8 Å². The van der Waals surface area contributed by atoms with Crippen molar-refractivity contribution in [3.05, 3.63) is 94.3 Å². The van der Waals surface area contributed by atoms with Gasteiger partial charge in [0.05, 0.1) is 5.69 Å². The molecule has 1 aliphatic heterocycles. The first kappa shape index (κ1) is 25.1. The van der Waals surface area contributed by atoms with Gasteiger partial charge >= 0.3 is 5.69 Å². The number of nitrogens with one attached hydrogen (secondary N) is 1. The van der Waals surface area contributed by atoms with E-state index in [2.05, 4.69) is 15.4 Å². The third-order valence-corrected chi connectivity index (χ3v) is 7.00. The number of hydrogen-bond acceptors (Lipinski definition) is 5. The van der Waals surface area contributed by atoms with Crippen molar-refractivity contribution in [1.82, 2.24) is 24.6 Å². The molecule has 0 radical (unpaired) electrons. The van der Waals surface area contributed by atoms with Crippen LogP contribution in [0.15, 0.2) is 71.9 Å². The average molecular weight is 515 g/mol. The van der Waals surface area contributed by atoms with E-state index in [0.717, 1.165) is 16.7 Å². The number of benzene rings is 2. The van der Waals surface area contributed by atoms with E-state index >= 15 is 4.39 Å². The van der Waals surface area contributed by atoms with E-state index in [1.54, 1.807) is 25.4 Å². The van der Waals surface area contributed by atoms with Gasteiger partial charge in [0.1, 0.15) is 12.1 Å². The van der Waals surface area contributed by atoms with E-state index in [4.69, 9.17) is 0 Å². The minimum atomic E-state index is -2.26. The van der Waals surface area contributed by atoms with Gasteiger partial charge < -0.3 is 5.32 Å². The SMILES string of the molecule is CCc1c(-c2ccc(-n3cnn(C)c3=O)cc2)ccnc1N1CCC(F)(c2cccc(C(=O)NC)c2)C1=O. The number of rotatable bonds is 6. The summed E-state index contributed by atoms with van der Waals surface area (Å²) in [5.74, 6) is -0.624. The second-order valence-electron chi connectivity index (χ2n) is 9.14. The molecule has 194 valence electrons. The van der Waals surface area contributed by atoms with Crippen LogP contribution in [0.25, 0.3) is 16.8 Å². The smallest absolute Gasteiger partial charge is 0.350 e. The molecule has 2 aromatic heterocycles. The van der Waals surface area contributed by atoms with Crippen LogP contribution in [-0.4, -0.2) is 44.7 Å². The molecule has 9 nitrogen and oxygen atoms in total. The summed E-state index contributed by atoms with van der Waals surface area (Å²) >= 11 is 0. The Morgan fingerprint density at radius 3 is 2.55 bits per heavy atom. The molecule has 10 heteroatoms. The maximum absolute atomic E-state index is 16.2. The molecule has 1 fully saturated rings. The summed E-state index contributed by atoms with van der Waals surface area (Å²) in [5.41, 5.74) is 1.18. The molecule has 1 aliphatic rings. The summed E-state index contributed by atoms with van der Waals surface area (Å²) in [4.78, 5) is 43.7. The fraction of sp³-hybridized carbons (Fsp3) is 0.250. The largest absolute Gasteiger partial charge is 0.355 e. The topological polar surface area (TPSA) is 102 Å². The number of alkyl halides is 1. The Bertz CT molecular complexity index is 1590. The van der Waals surface area contributed by atoms with Gasteiger partial charge in [0, 0.05) is 44.4 Å². The Labute approximate surface area is 218 Å². The van der Waals surface area contributed by atoms with Crippen molar-refractivity contribution in [3.63, 3.8) is 0 Å². The van der Waals surface area contributed by atoms with Crippen LogP contribution in [0.3, 0.4) is 0 Å². The molecule has 5 rings (SSSR count). The molecule has 4 aromatic rings. The molecule has 0 saturated carbocycles. The number of halogens is 1. The van der Waals surface area contributed by atoms with Gasteiger partial charge in [-0.3, -0.25) is 14.5 Å². The molecule has 0 bridgehead atoms. The number of pyridine rings is 1. The van der Waals surface area contributed by atoms with Gasteiger partial charge in [0.2, 0.25) is 5.67 Å². The highest BCUT2D eigenvalue weighted by Gasteiger charge is 2.50. The molecule has 1 N–H and O–H groups in total. The molecule has 1 saturated heterocycles. The number of aryl methyl sites for hydroxylation is 1. The Hall–Kier alpha value is -4.60. The van der Waals surface area contributed by atoms with Crippen molar-refractivity contribution < 1.29 is 14.0 Å². The van der Waals surface area contributed by atoms with Gasteiger partial charge in [-0.15, -0.1) is 0 Å². The van der Waals surface area contributed by atoms with Crippen molar-refractivity contribution in [1.29, 1.82) is 0 Å². The normalized spacial score (nSPS) is 17.2. The van der Waals surface area contributed by atoms with E-state index in [9.17, 15) is 14.4 Å². The molecule has 0 spiro atoms. The molecule has 2 amide bonds. The minimum absolute atomic E-state index is 0.0490. The number of carbonyl (C=O) groups is 2. The van der Waals surface area contributed by atoms with E-state index < -0.39 is 11.6 Å². The van der Waals surface area contributed by atoms with Crippen molar-refractivity contribution in [2.75, 3.05) is 18.5 Å². The zero-order valence-electron chi connectivity index (χ0n) is 21.3. The zero-order chi connectivity index (χ0) is 27.0. The van der Waals surface area contributed by atoms with Crippen LogP contribution in [0.1, 0.15) is 34.8 Å². The minimum Gasteiger partial charge on any atom is -0.355 e. The number of aromatic nitrogens is 4. The number of anilines is 1. The fourth-order valence-corrected chi connectivity index (χ4v) is 4.90. The average Bonchev–Trinajstić information content (AvgIpc) is 3.45. The highest BCUT2D eigenvalue weighted by molar-refractivity contribution is 6.03. The summed E-state index contributed by atoms with van der Waals surface area (Å²) in [6.45, 7) is 2.12. The second-order valence-corrected chi connectivity index (χ2v) is 9.14. The van der Waals surface area contributed by atoms with E-state index in [0.29, 0.717) is 23.5 Å². The number of amides is 2. The van der Waals surface area contributed by atoms with Crippen LogP contribution in [0.5, 0.6) is 0 Å². The van der Waals surface area contributed by atoms with Crippen LogP contribution in [0.4, 0.5) is 10.2 Å². The fourth-order valence-electron chi connectivity index (χ4n) is 4.90. The Kier molecular flexibility index (Phi) is 6.40. The van der Waals surface area contributed by atoms with Crippen LogP contribution >= 0.6 is 0 Å². The zero-order valence-corrected chi connectivity index (χ0v) is 21.3. The molecular formula is C28H27FN6O3. The molecule has 0 aliphatic carbocycles. The lowest BCUT2D eigenvalue weighted by Gasteiger charge is -2.23. The Morgan fingerprint density at radius 1 is 1.13 bits per heavy atom. The number of nitrogens with zero attached hydrogens (tertiary/aromatic N) is 5. The van der Waals surface area contributed by atoms with Gasteiger partial charge in [-0.25, -0.2) is 23.4 Å². The van der Waals surface area contributed by atoms with E-state index in [1.165, 1.54) is 39.7 Å².